The van der Waals surface area contributed by atoms with Crippen LogP contribution < -0.4 is 9.80 Å². The maximum absolute atomic E-state index is 13.8. The lowest BCUT2D eigenvalue weighted by Gasteiger charge is -2.39. The lowest BCUT2D eigenvalue weighted by atomic mass is 9.79. The van der Waals surface area contributed by atoms with Crippen LogP contribution >= 0.6 is 0 Å². The Bertz CT molecular complexity index is 932. The Morgan fingerprint density at radius 1 is 1.00 bits per heavy atom. The fourth-order valence-electron chi connectivity index (χ4n) is 5.79. The zero-order valence-electron chi connectivity index (χ0n) is 18.3. The van der Waals surface area contributed by atoms with Crippen LogP contribution in [0.25, 0.3) is 0 Å². The molecule has 0 aromatic heterocycles. The quantitative estimate of drug-likeness (QED) is 0.693. The molecule has 0 radical (unpaired) electrons. The molecule has 30 heavy (non-hydrogen) atoms. The summed E-state index contributed by atoms with van der Waals surface area (Å²) in [6.45, 7) is 1.78. The van der Waals surface area contributed by atoms with Crippen molar-refractivity contribution in [3.63, 3.8) is 0 Å². The van der Waals surface area contributed by atoms with Crippen molar-refractivity contribution in [2.45, 2.75) is 51.0 Å². The van der Waals surface area contributed by atoms with Gasteiger partial charge in [-0.25, -0.2) is 0 Å². The summed E-state index contributed by atoms with van der Waals surface area (Å²) in [6, 6.07) is 15.5. The molecule has 158 valence electrons. The summed E-state index contributed by atoms with van der Waals surface area (Å²) in [5, 5.41) is 0. The van der Waals surface area contributed by atoms with Gasteiger partial charge in [-0.15, -0.1) is 0 Å². The molecule has 0 saturated heterocycles. The Morgan fingerprint density at radius 3 is 2.53 bits per heavy atom. The van der Waals surface area contributed by atoms with E-state index in [1.54, 1.807) is 0 Å². The van der Waals surface area contributed by atoms with Crippen LogP contribution in [0.5, 0.6) is 0 Å². The molecular formula is C26H33N3O. The largest absolute Gasteiger partial charge is 0.339 e. The third-order valence-corrected chi connectivity index (χ3v) is 7.19. The monoisotopic (exact) mass is 403 g/mol. The van der Waals surface area contributed by atoms with Crippen molar-refractivity contribution >= 4 is 23.0 Å². The molecule has 1 atom stereocenters. The number of hydrogen-bond acceptors (Lipinski definition) is 3. The number of carbonyl (C=O) groups is 1. The Balaban J connectivity index is 1.69. The van der Waals surface area contributed by atoms with E-state index in [9.17, 15) is 4.79 Å². The summed E-state index contributed by atoms with van der Waals surface area (Å²) >= 11 is 0. The van der Waals surface area contributed by atoms with Gasteiger partial charge in [-0.1, -0.05) is 49.6 Å². The highest BCUT2D eigenvalue weighted by molar-refractivity contribution is 6.00. The SMILES string of the molecule is CN(C)CCC(=O)N1c2ccccc2N2CCc3cccc(c32)C1C1CCCCC1. The third-order valence-electron chi connectivity index (χ3n) is 7.19. The van der Waals surface area contributed by atoms with Gasteiger partial charge < -0.3 is 14.7 Å². The second-order valence-electron chi connectivity index (χ2n) is 9.41. The van der Waals surface area contributed by atoms with E-state index in [4.69, 9.17) is 0 Å². The Hall–Kier alpha value is -2.33. The molecule has 4 nitrogen and oxygen atoms in total. The van der Waals surface area contributed by atoms with E-state index in [2.05, 4.69) is 57.2 Å². The van der Waals surface area contributed by atoms with Crippen LogP contribution in [0.3, 0.4) is 0 Å². The predicted molar refractivity (Wildman–Crippen MR) is 124 cm³/mol. The van der Waals surface area contributed by atoms with Crippen LogP contribution in [-0.2, 0) is 11.2 Å². The molecule has 0 spiro atoms. The minimum atomic E-state index is 0.138. The average Bonchev–Trinajstić information content (AvgIpc) is 3.15. The number of benzene rings is 2. The summed E-state index contributed by atoms with van der Waals surface area (Å²) in [4.78, 5) is 20.6. The molecule has 1 saturated carbocycles. The highest BCUT2D eigenvalue weighted by Gasteiger charge is 2.41. The van der Waals surface area contributed by atoms with Crippen molar-refractivity contribution in [1.82, 2.24) is 4.90 Å². The second kappa shape index (κ2) is 8.07. The minimum absolute atomic E-state index is 0.138. The van der Waals surface area contributed by atoms with Crippen LogP contribution in [0.2, 0.25) is 0 Å². The number of para-hydroxylation sites is 3. The lowest BCUT2D eigenvalue weighted by molar-refractivity contribution is -0.119. The van der Waals surface area contributed by atoms with E-state index in [-0.39, 0.29) is 11.9 Å². The Labute approximate surface area is 180 Å². The first-order valence-electron chi connectivity index (χ1n) is 11.6. The Morgan fingerprint density at radius 2 is 1.77 bits per heavy atom. The van der Waals surface area contributed by atoms with Crippen molar-refractivity contribution in [1.29, 1.82) is 0 Å². The van der Waals surface area contributed by atoms with E-state index >= 15 is 0 Å². The summed E-state index contributed by atoms with van der Waals surface area (Å²) in [6.07, 6.45) is 7.96. The molecule has 0 bridgehead atoms. The molecule has 2 aliphatic heterocycles. The molecule has 1 fully saturated rings. The second-order valence-corrected chi connectivity index (χ2v) is 9.41. The number of rotatable bonds is 4. The average molecular weight is 404 g/mol. The van der Waals surface area contributed by atoms with Gasteiger partial charge in [0.1, 0.15) is 0 Å². The zero-order chi connectivity index (χ0) is 20.7. The summed E-state index contributed by atoms with van der Waals surface area (Å²) in [7, 11) is 4.09. The van der Waals surface area contributed by atoms with Crippen molar-refractivity contribution < 1.29 is 4.79 Å². The van der Waals surface area contributed by atoms with Gasteiger partial charge in [-0.3, -0.25) is 4.79 Å². The molecule has 2 aromatic rings. The van der Waals surface area contributed by atoms with Crippen LogP contribution in [0.1, 0.15) is 55.7 Å². The smallest absolute Gasteiger partial charge is 0.228 e. The van der Waals surface area contributed by atoms with Gasteiger partial charge in [-0.2, -0.15) is 0 Å². The number of anilines is 3. The van der Waals surface area contributed by atoms with E-state index < -0.39 is 0 Å². The number of nitrogens with zero attached hydrogens (tertiary/aromatic N) is 3. The molecule has 2 aromatic carbocycles. The highest BCUT2D eigenvalue weighted by atomic mass is 16.2. The van der Waals surface area contributed by atoms with Gasteiger partial charge >= 0.3 is 0 Å². The molecule has 3 aliphatic rings. The Kier molecular flexibility index (Phi) is 5.28. The van der Waals surface area contributed by atoms with E-state index in [0.717, 1.165) is 25.2 Å². The molecule has 1 amide bonds. The maximum Gasteiger partial charge on any atom is 0.228 e. The zero-order valence-corrected chi connectivity index (χ0v) is 18.3. The normalized spacial score (nSPS) is 20.8. The molecule has 5 rings (SSSR count). The van der Waals surface area contributed by atoms with Gasteiger partial charge in [0, 0.05) is 25.2 Å². The van der Waals surface area contributed by atoms with Gasteiger partial charge in [0.25, 0.3) is 0 Å². The summed E-state index contributed by atoms with van der Waals surface area (Å²) in [5.74, 6) is 0.785. The first kappa shape index (κ1) is 19.6. The number of carbonyl (C=O) groups excluding carboxylic acids is 1. The van der Waals surface area contributed by atoms with Gasteiger partial charge in [0.15, 0.2) is 0 Å². The van der Waals surface area contributed by atoms with Crippen LogP contribution in [0, 0.1) is 5.92 Å². The van der Waals surface area contributed by atoms with Gasteiger partial charge in [0.2, 0.25) is 5.91 Å². The maximum atomic E-state index is 13.8. The van der Waals surface area contributed by atoms with E-state index in [0.29, 0.717) is 12.3 Å². The highest BCUT2D eigenvalue weighted by Crippen LogP contribution is 2.53. The lowest BCUT2D eigenvalue weighted by Crippen LogP contribution is -2.40. The van der Waals surface area contributed by atoms with Crippen molar-refractivity contribution in [2.24, 2.45) is 5.92 Å². The molecule has 1 aliphatic carbocycles. The van der Waals surface area contributed by atoms with Crippen LogP contribution in [-0.4, -0.2) is 38.0 Å². The third kappa shape index (κ3) is 3.31. The minimum Gasteiger partial charge on any atom is -0.339 e. The van der Waals surface area contributed by atoms with Gasteiger partial charge in [0.05, 0.1) is 17.4 Å². The van der Waals surface area contributed by atoms with E-state index in [1.165, 1.54) is 54.6 Å². The summed E-state index contributed by atoms with van der Waals surface area (Å²) in [5.41, 5.74) is 6.47. The summed E-state index contributed by atoms with van der Waals surface area (Å²) < 4.78 is 0. The van der Waals surface area contributed by atoms with Crippen molar-refractivity contribution in [3.05, 3.63) is 53.6 Å². The molecule has 1 unspecified atom stereocenters. The molecule has 4 heteroatoms. The van der Waals surface area contributed by atoms with Crippen molar-refractivity contribution in [3.8, 4) is 0 Å². The first-order chi connectivity index (χ1) is 14.6. The van der Waals surface area contributed by atoms with Crippen LogP contribution in [0.15, 0.2) is 42.5 Å². The molecular weight excluding hydrogens is 370 g/mol. The molecule has 0 N–H and O–H groups in total. The van der Waals surface area contributed by atoms with Crippen LogP contribution in [0.4, 0.5) is 17.1 Å². The van der Waals surface area contributed by atoms with Crippen molar-refractivity contribution in [2.75, 3.05) is 37.0 Å². The topological polar surface area (TPSA) is 26.8 Å². The number of amides is 1. The fraction of sp³-hybridized carbons (Fsp3) is 0.500. The predicted octanol–water partition coefficient (Wildman–Crippen LogP) is 5.30. The van der Waals surface area contributed by atoms with Gasteiger partial charge in [-0.05, 0) is 62.5 Å². The van der Waals surface area contributed by atoms with E-state index in [1.807, 2.05) is 14.1 Å². The molecule has 2 heterocycles. The number of hydrogen-bond donors (Lipinski definition) is 0. The fourth-order valence-corrected chi connectivity index (χ4v) is 5.79. The standard InChI is InChI=1S/C26H33N3O/c1-27(2)17-16-24(30)29-23-14-7-6-13-22(23)28-18-15-20-11-8-12-21(25(20)28)26(29)19-9-4-3-5-10-19/h6-8,11-14,19,26H,3-5,9-10,15-18H2,1-2H3. The first-order valence-corrected chi connectivity index (χ1v) is 11.6. The number of fused-ring (bicyclic) bond motifs is 2.